The van der Waals surface area contributed by atoms with Gasteiger partial charge < -0.3 is 15.8 Å². The van der Waals surface area contributed by atoms with Crippen LogP contribution in [-0.2, 0) is 11.3 Å². The molecule has 0 aliphatic heterocycles. The number of hydrogen-bond acceptors (Lipinski definition) is 5. The molecule has 1 rings (SSSR count). The molecule has 0 atom stereocenters. The summed E-state index contributed by atoms with van der Waals surface area (Å²) >= 11 is 0. The second-order valence-electron chi connectivity index (χ2n) is 4.20. The molecule has 0 saturated heterocycles. The van der Waals surface area contributed by atoms with Crippen LogP contribution in [0, 0.1) is 5.41 Å². The second kappa shape index (κ2) is 4.81. The maximum atomic E-state index is 12.1. The molecule has 94 valence electrons. The summed E-state index contributed by atoms with van der Waals surface area (Å²) in [6.45, 7) is 3.45. The van der Waals surface area contributed by atoms with Crippen LogP contribution in [0.4, 0.5) is 0 Å². The van der Waals surface area contributed by atoms with E-state index in [1.807, 2.05) is 0 Å². The molecule has 4 N–H and O–H groups in total. The first kappa shape index (κ1) is 12.9. The Hall–Kier alpha value is -2.12. The van der Waals surface area contributed by atoms with E-state index in [1.54, 1.807) is 20.9 Å². The molecule has 1 aromatic rings. The van der Waals surface area contributed by atoms with Gasteiger partial charge in [0.15, 0.2) is 5.84 Å². The number of aromatic nitrogens is 3. The Morgan fingerprint density at radius 1 is 1.71 bits per heavy atom. The van der Waals surface area contributed by atoms with Crippen LogP contribution in [0.3, 0.4) is 0 Å². The maximum absolute atomic E-state index is 12.1. The van der Waals surface area contributed by atoms with Crippen LogP contribution < -0.4 is 5.73 Å². The highest BCUT2D eigenvalue weighted by Gasteiger charge is 2.35. The number of aromatic amines is 1. The molecule has 0 aromatic carbocycles. The van der Waals surface area contributed by atoms with Crippen LogP contribution in [0.2, 0.25) is 0 Å². The molecule has 8 nitrogen and oxygen atoms in total. The number of carbonyl (C=O) groups excluding carboxylic acids is 1. The first-order valence-corrected chi connectivity index (χ1v) is 4.97. The molecule has 0 bridgehead atoms. The van der Waals surface area contributed by atoms with Crippen molar-refractivity contribution in [3.05, 3.63) is 12.2 Å². The Kier molecular flexibility index (Phi) is 3.66. The van der Waals surface area contributed by atoms with Gasteiger partial charge in [0.1, 0.15) is 17.6 Å². The Morgan fingerprint density at radius 3 is 2.82 bits per heavy atom. The van der Waals surface area contributed by atoms with E-state index in [0.29, 0.717) is 5.82 Å². The minimum Gasteiger partial charge on any atom is -0.409 e. The third-order valence-corrected chi connectivity index (χ3v) is 2.48. The monoisotopic (exact) mass is 240 g/mol. The van der Waals surface area contributed by atoms with Gasteiger partial charge in [-0.15, -0.1) is 0 Å². The fraction of sp³-hybridized carbons (Fsp3) is 0.556. The fourth-order valence-corrected chi connectivity index (χ4v) is 1.32. The molecule has 1 heterocycles. The van der Waals surface area contributed by atoms with Gasteiger partial charge in [-0.1, -0.05) is 5.16 Å². The third-order valence-electron chi connectivity index (χ3n) is 2.48. The number of hydrogen-bond donors (Lipinski definition) is 3. The van der Waals surface area contributed by atoms with Gasteiger partial charge in [-0.2, -0.15) is 5.10 Å². The average molecular weight is 240 g/mol. The zero-order valence-corrected chi connectivity index (χ0v) is 10.0. The summed E-state index contributed by atoms with van der Waals surface area (Å²) in [6, 6.07) is 0. The third kappa shape index (κ3) is 2.71. The highest BCUT2D eigenvalue weighted by atomic mass is 16.4. The number of nitrogens with two attached hydrogens (primary N) is 1. The van der Waals surface area contributed by atoms with Crippen LogP contribution >= 0.6 is 0 Å². The molecule has 0 saturated carbocycles. The van der Waals surface area contributed by atoms with E-state index >= 15 is 0 Å². The molecular formula is C9H16N6O2. The van der Waals surface area contributed by atoms with Gasteiger partial charge in [0, 0.05) is 7.05 Å². The van der Waals surface area contributed by atoms with Gasteiger partial charge in [-0.05, 0) is 13.8 Å². The van der Waals surface area contributed by atoms with Crippen LogP contribution in [0.15, 0.2) is 11.5 Å². The average Bonchev–Trinajstić information content (AvgIpc) is 2.79. The number of H-pyrrole nitrogens is 1. The zero-order valence-electron chi connectivity index (χ0n) is 10.0. The Morgan fingerprint density at radius 2 is 2.35 bits per heavy atom. The van der Waals surface area contributed by atoms with Crippen molar-refractivity contribution < 1.29 is 10.0 Å². The fourth-order valence-electron chi connectivity index (χ4n) is 1.32. The number of nitrogens with one attached hydrogen (secondary N) is 1. The standard InChI is InChI=1S/C9H16N6O2/c1-9(2,7(10)14-17)8(16)15(3)4-6-11-5-12-13-6/h5,17H,4H2,1-3H3,(H2,10,14)(H,11,12,13). The minimum atomic E-state index is -1.07. The van der Waals surface area contributed by atoms with Crippen molar-refractivity contribution in [3.8, 4) is 0 Å². The Bertz CT molecular complexity index is 411. The van der Waals surface area contributed by atoms with Crippen LogP contribution in [0.1, 0.15) is 19.7 Å². The summed E-state index contributed by atoms with van der Waals surface area (Å²) in [4.78, 5) is 17.4. The summed E-state index contributed by atoms with van der Waals surface area (Å²) in [6.07, 6.45) is 1.36. The lowest BCUT2D eigenvalue weighted by molar-refractivity contribution is -0.136. The van der Waals surface area contributed by atoms with Crippen molar-refractivity contribution in [1.82, 2.24) is 20.1 Å². The van der Waals surface area contributed by atoms with Gasteiger partial charge in [-0.3, -0.25) is 9.89 Å². The molecule has 1 aromatic heterocycles. The largest absolute Gasteiger partial charge is 0.409 e. The van der Waals surface area contributed by atoms with Gasteiger partial charge in [0.25, 0.3) is 0 Å². The van der Waals surface area contributed by atoms with Gasteiger partial charge >= 0.3 is 0 Å². The van der Waals surface area contributed by atoms with Gasteiger partial charge in [0.05, 0.1) is 6.54 Å². The van der Waals surface area contributed by atoms with E-state index in [-0.39, 0.29) is 18.3 Å². The molecule has 0 spiro atoms. The Balaban J connectivity index is 2.76. The number of amidine groups is 1. The quantitative estimate of drug-likeness (QED) is 0.284. The Labute approximate surface area is 98.5 Å². The highest BCUT2D eigenvalue weighted by Crippen LogP contribution is 2.19. The van der Waals surface area contributed by atoms with E-state index in [2.05, 4.69) is 20.3 Å². The van der Waals surface area contributed by atoms with E-state index in [0.717, 1.165) is 0 Å². The van der Waals surface area contributed by atoms with Crippen LogP contribution in [0.5, 0.6) is 0 Å². The van der Waals surface area contributed by atoms with Crippen LogP contribution in [-0.4, -0.2) is 44.1 Å². The van der Waals surface area contributed by atoms with Crippen molar-refractivity contribution in [2.24, 2.45) is 16.3 Å². The molecule has 1 amide bonds. The van der Waals surface area contributed by atoms with Crippen molar-refractivity contribution in [1.29, 1.82) is 0 Å². The van der Waals surface area contributed by atoms with Crippen molar-refractivity contribution in [2.45, 2.75) is 20.4 Å². The number of amides is 1. The number of carbonyl (C=O) groups is 1. The van der Waals surface area contributed by atoms with Crippen LogP contribution in [0.25, 0.3) is 0 Å². The normalized spacial score (nSPS) is 12.5. The number of nitrogens with zero attached hydrogens (tertiary/aromatic N) is 4. The molecule has 0 aliphatic rings. The SMILES string of the molecule is CN(Cc1ncn[nH]1)C(=O)C(C)(C)C(N)=NO. The summed E-state index contributed by atoms with van der Waals surface area (Å²) < 4.78 is 0. The highest BCUT2D eigenvalue weighted by molar-refractivity contribution is 6.05. The number of oxime groups is 1. The predicted octanol–water partition coefficient (Wildman–Crippen LogP) is -0.464. The molecule has 17 heavy (non-hydrogen) atoms. The van der Waals surface area contributed by atoms with Crippen molar-refractivity contribution in [3.63, 3.8) is 0 Å². The van der Waals surface area contributed by atoms with Crippen molar-refractivity contribution in [2.75, 3.05) is 7.05 Å². The van der Waals surface area contributed by atoms with E-state index in [4.69, 9.17) is 10.9 Å². The summed E-state index contributed by atoms with van der Waals surface area (Å²) in [5.41, 5.74) is 4.41. The zero-order chi connectivity index (χ0) is 13.1. The lowest BCUT2D eigenvalue weighted by atomic mass is 9.90. The molecule has 0 aliphatic carbocycles. The minimum absolute atomic E-state index is 0.132. The molecule has 0 unspecified atom stereocenters. The van der Waals surface area contributed by atoms with Crippen molar-refractivity contribution >= 4 is 11.7 Å². The first-order chi connectivity index (χ1) is 7.89. The first-order valence-electron chi connectivity index (χ1n) is 4.97. The molecule has 0 radical (unpaired) electrons. The molecule has 8 heteroatoms. The number of rotatable bonds is 4. The van der Waals surface area contributed by atoms with E-state index in [9.17, 15) is 4.79 Å². The van der Waals surface area contributed by atoms with Gasteiger partial charge in [-0.25, -0.2) is 4.98 Å². The predicted molar refractivity (Wildman–Crippen MR) is 60.0 cm³/mol. The molecule has 0 fully saturated rings. The second-order valence-corrected chi connectivity index (χ2v) is 4.20. The van der Waals surface area contributed by atoms with E-state index < -0.39 is 5.41 Å². The smallest absolute Gasteiger partial charge is 0.236 e. The topological polar surface area (TPSA) is 120 Å². The lowest BCUT2D eigenvalue weighted by Gasteiger charge is -2.27. The summed E-state index contributed by atoms with van der Waals surface area (Å²) in [5, 5.41) is 17.8. The van der Waals surface area contributed by atoms with E-state index in [1.165, 1.54) is 11.2 Å². The lowest BCUT2D eigenvalue weighted by Crippen LogP contribution is -2.46. The van der Waals surface area contributed by atoms with Gasteiger partial charge in [0.2, 0.25) is 5.91 Å². The molecular weight excluding hydrogens is 224 g/mol. The summed E-state index contributed by atoms with van der Waals surface area (Å²) in [5.74, 6) is 0.160. The maximum Gasteiger partial charge on any atom is 0.236 e. The summed E-state index contributed by atoms with van der Waals surface area (Å²) in [7, 11) is 1.61.